The van der Waals surface area contributed by atoms with Gasteiger partial charge in [0.1, 0.15) is 11.8 Å². The lowest BCUT2D eigenvalue weighted by Gasteiger charge is -2.22. The van der Waals surface area contributed by atoms with Crippen molar-refractivity contribution in [3.05, 3.63) is 33.9 Å². The summed E-state index contributed by atoms with van der Waals surface area (Å²) in [5.74, 6) is 0. The molecule has 1 aliphatic heterocycles. The lowest BCUT2D eigenvalue weighted by atomic mass is 10.1. The van der Waals surface area contributed by atoms with Gasteiger partial charge in [-0.2, -0.15) is 13.2 Å². The Hall–Kier alpha value is -1.83. The molecule has 116 valence electrons. The van der Waals surface area contributed by atoms with Crippen LogP contribution in [0.1, 0.15) is 25.8 Å². The van der Waals surface area contributed by atoms with Crippen LogP contribution in [0.3, 0.4) is 0 Å². The van der Waals surface area contributed by atoms with Gasteiger partial charge < -0.3 is 9.64 Å². The Bertz CT molecular complexity index is 548. The van der Waals surface area contributed by atoms with Crippen molar-refractivity contribution in [2.24, 2.45) is 0 Å². The molecule has 1 aromatic rings. The standard InChI is InChI=1S/C13H15F3N2O3/c1-3-10-7-17(8(2)21-10)9-4-5-12(18(19)20)11(6-9)13(14,15)16/h4-6,8,10H,3,7H2,1-2H3/t8-,10-/m1/s1. The molecule has 0 unspecified atom stereocenters. The van der Waals surface area contributed by atoms with Gasteiger partial charge in [-0.15, -0.1) is 0 Å². The predicted molar refractivity (Wildman–Crippen MR) is 70.1 cm³/mol. The van der Waals surface area contributed by atoms with E-state index >= 15 is 0 Å². The molecule has 2 atom stereocenters. The number of hydrogen-bond donors (Lipinski definition) is 0. The monoisotopic (exact) mass is 304 g/mol. The number of nitro groups is 1. The van der Waals surface area contributed by atoms with Gasteiger partial charge in [-0.3, -0.25) is 10.1 Å². The third kappa shape index (κ3) is 3.10. The minimum absolute atomic E-state index is 0.0514. The second-order valence-corrected chi connectivity index (χ2v) is 4.87. The van der Waals surface area contributed by atoms with Crippen molar-refractivity contribution in [2.45, 2.75) is 38.8 Å². The molecule has 1 aliphatic rings. The lowest BCUT2D eigenvalue weighted by Crippen LogP contribution is -2.28. The second kappa shape index (κ2) is 5.51. The highest BCUT2D eigenvalue weighted by molar-refractivity contribution is 5.57. The molecule has 0 radical (unpaired) electrons. The van der Waals surface area contributed by atoms with Gasteiger partial charge in [0, 0.05) is 18.3 Å². The molecule has 2 rings (SSSR count). The van der Waals surface area contributed by atoms with Crippen molar-refractivity contribution in [3.63, 3.8) is 0 Å². The van der Waals surface area contributed by atoms with E-state index in [0.717, 1.165) is 18.6 Å². The summed E-state index contributed by atoms with van der Waals surface area (Å²) in [6.45, 7) is 4.13. The van der Waals surface area contributed by atoms with Gasteiger partial charge in [-0.1, -0.05) is 6.92 Å². The quantitative estimate of drug-likeness (QED) is 0.632. The number of nitro benzene ring substituents is 1. The van der Waals surface area contributed by atoms with Crippen LogP contribution in [0.25, 0.3) is 0 Å². The highest BCUT2D eigenvalue weighted by Crippen LogP contribution is 2.39. The van der Waals surface area contributed by atoms with E-state index in [1.807, 2.05) is 6.92 Å². The lowest BCUT2D eigenvalue weighted by molar-refractivity contribution is -0.388. The number of ether oxygens (including phenoxy) is 1. The molecule has 5 nitrogen and oxygen atoms in total. The van der Waals surface area contributed by atoms with E-state index in [0.29, 0.717) is 6.54 Å². The first-order valence-corrected chi connectivity index (χ1v) is 6.51. The van der Waals surface area contributed by atoms with E-state index in [-0.39, 0.29) is 18.0 Å². The molecule has 0 spiro atoms. The first-order valence-electron chi connectivity index (χ1n) is 6.51. The zero-order valence-electron chi connectivity index (χ0n) is 11.6. The molecule has 0 amide bonds. The SMILES string of the molecule is CC[C@@H]1CN(c2ccc([N+](=O)[O-])c(C(F)(F)F)c2)[C@@H](C)O1. The minimum atomic E-state index is -4.77. The number of rotatable bonds is 3. The zero-order chi connectivity index (χ0) is 15.8. The van der Waals surface area contributed by atoms with Crippen LogP contribution in [0, 0.1) is 10.1 Å². The maximum absolute atomic E-state index is 13.0. The van der Waals surface area contributed by atoms with Crippen LogP contribution in [0.2, 0.25) is 0 Å². The Labute approximate surface area is 119 Å². The van der Waals surface area contributed by atoms with Crippen LogP contribution < -0.4 is 4.90 Å². The van der Waals surface area contributed by atoms with Crippen LogP contribution in [-0.2, 0) is 10.9 Å². The number of alkyl halides is 3. The van der Waals surface area contributed by atoms with Crippen LogP contribution in [-0.4, -0.2) is 23.8 Å². The number of halogens is 3. The first kappa shape index (κ1) is 15.6. The fourth-order valence-corrected chi connectivity index (χ4v) is 2.39. The van der Waals surface area contributed by atoms with Crippen molar-refractivity contribution in [3.8, 4) is 0 Å². The van der Waals surface area contributed by atoms with Gasteiger partial charge in [-0.25, -0.2) is 0 Å². The molecular weight excluding hydrogens is 289 g/mol. The van der Waals surface area contributed by atoms with Crippen LogP contribution in [0.15, 0.2) is 18.2 Å². The smallest absolute Gasteiger partial charge is 0.354 e. The Morgan fingerprint density at radius 1 is 1.48 bits per heavy atom. The summed E-state index contributed by atoms with van der Waals surface area (Å²) in [5, 5.41) is 10.7. The molecule has 0 bridgehead atoms. The van der Waals surface area contributed by atoms with Crippen LogP contribution in [0.5, 0.6) is 0 Å². The van der Waals surface area contributed by atoms with Crippen LogP contribution in [0.4, 0.5) is 24.5 Å². The number of anilines is 1. The zero-order valence-corrected chi connectivity index (χ0v) is 11.6. The van der Waals surface area contributed by atoms with E-state index in [2.05, 4.69) is 0 Å². The molecule has 0 aliphatic carbocycles. The molecular formula is C13H15F3N2O3. The highest BCUT2D eigenvalue weighted by Gasteiger charge is 2.39. The molecule has 0 saturated carbocycles. The number of nitrogens with zero attached hydrogens (tertiary/aromatic N) is 2. The van der Waals surface area contributed by atoms with Gasteiger partial charge in [-0.05, 0) is 25.5 Å². The van der Waals surface area contributed by atoms with Gasteiger partial charge in [0.25, 0.3) is 5.69 Å². The minimum Gasteiger partial charge on any atom is -0.354 e. The summed E-state index contributed by atoms with van der Waals surface area (Å²) in [6, 6.07) is 3.03. The van der Waals surface area contributed by atoms with Gasteiger partial charge in [0.15, 0.2) is 0 Å². The molecule has 1 aromatic carbocycles. The summed E-state index contributed by atoms with van der Waals surface area (Å²) in [7, 11) is 0. The largest absolute Gasteiger partial charge is 0.423 e. The van der Waals surface area contributed by atoms with E-state index in [1.54, 1.807) is 11.8 Å². The molecule has 1 saturated heterocycles. The van der Waals surface area contributed by atoms with Crippen molar-refractivity contribution >= 4 is 11.4 Å². The first-order chi connectivity index (χ1) is 9.74. The van der Waals surface area contributed by atoms with Gasteiger partial charge in [0.2, 0.25) is 0 Å². The molecule has 0 aromatic heterocycles. The molecule has 8 heteroatoms. The number of hydrogen-bond acceptors (Lipinski definition) is 4. The Kier molecular flexibility index (Phi) is 4.08. The predicted octanol–water partition coefficient (Wildman–Crippen LogP) is 3.57. The summed E-state index contributed by atoms with van der Waals surface area (Å²) >= 11 is 0. The molecule has 1 fully saturated rings. The Morgan fingerprint density at radius 3 is 2.62 bits per heavy atom. The third-order valence-corrected chi connectivity index (χ3v) is 3.50. The van der Waals surface area contributed by atoms with Crippen molar-refractivity contribution in [1.29, 1.82) is 0 Å². The average Bonchev–Trinajstić information content (AvgIpc) is 2.78. The van der Waals surface area contributed by atoms with E-state index < -0.39 is 22.4 Å². The van der Waals surface area contributed by atoms with Crippen LogP contribution >= 0.6 is 0 Å². The van der Waals surface area contributed by atoms with E-state index in [9.17, 15) is 23.3 Å². The van der Waals surface area contributed by atoms with Gasteiger partial charge in [0.05, 0.1) is 11.0 Å². The maximum Gasteiger partial charge on any atom is 0.423 e. The second-order valence-electron chi connectivity index (χ2n) is 4.87. The Morgan fingerprint density at radius 2 is 2.14 bits per heavy atom. The fourth-order valence-electron chi connectivity index (χ4n) is 2.39. The van der Waals surface area contributed by atoms with Crippen molar-refractivity contribution in [2.75, 3.05) is 11.4 Å². The molecule has 21 heavy (non-hydrogen) atoms. The fraction of sp³-hybridized carbons (Fsp3) is 0.538. The van der Waals surface area contributed by atoms with E-state index in [4.69, 9.17) is 4.74 Å². The summed E-state index contributed by atoms with van der Waals surface area (Å²) in [6.07, 6.45) is -4.44. The number of benzene rings is 1. The van der Waals surface area contributed by atoms with Crippen molar-refractivity contribution in [1.82, 2.24) is 0 Å². The van der Waals surface area contributed by atoms with Crippen molar-refractivity contribution < 1.29 is 22.8 Å². The maximum atomic E-state index is 13.0. The highest BCUT2D eigenvalue weighted by atomic mass is 19.4. The summed E-state index contributed by atoms with van der Waals surface area (Å²) < 4.78 is 44.5. The summed E-state index contributed by atoms with van der Waals surface area (Å²) in [4.78, 5) is 11.4. The van der Waals surface area contributed by atoms with E-state index in [1.165, 1.54) is 6.07 Å². The topological polar surface area (TPSA) is 55.6 Å². The van der Waals surface area contributed by atoms with Gasteiger partial charge >= 0.3 is 6.18 Å². The third-order valence-electron chi connectivity index (χ3n) is 3.50. The molecule has 1 heterocycles. The molecule has 0 N–H and O–H groups in total. The summed E-state index contributed by atoms with van der Waals surface area (Å²) in [5.41, 5.74) is -1.90. The average molecular weight is 304 g/mol. The Balaban J connectivity index is 2.41. The normalized spacial score (nSPS) is 22.6.